The Kier molecular flexibility index (Phi) is 9.11. The van der Waals surface area contributed by atoms with Gasteiger partial charge in [-0.25, -0.2) is 29.1 Å². The number of carbonyl (C=O) groups excluding carboxylic acids is 2. The van der Waals surface area contributed by atoms with Crippen LogP contribution in [0.1, 0.15) is 29.9 Å². The number of amides is 2. The highest BCUT2D eigenvalue weighted by atomic mass is 32.1. The number of halogens is 1. The van der Waals surface area contributed by atoms with Gasteiger partial charge in [-0.1, -0.05) is 0 Å². The normalized spacial score (nSPS) is 12.5. The van der Waals surface area contributed by atoms with Crippen LogP contribution < -0.4 is 20.1 Å². The molecule has 44 heavy (non-hydrogen) atoms. The fraction of sp³-hybridized carbons (Fsp3) is 0.267. The van der Waals surface area contributed by atoms with E-state index in [4.69, 9.17) is 19.3 Å². The zero-order chi connectivity index (χ0) is 31.4. The van der Waals surface area contributed by atoms with Crippen LogP contribution in [0.25, 0.3) is 31.8 Å². The first-order valence-corrected chi connectivity index (χ1v) is 14.4. The number of aromatic nitrogens is 4. The molecule has 0 saturated heterocycles. The molecule has 14 heteroatoms. The highest BCUT2D eigenvalue weighted by Crippen LogP contribution is 2.37. The number of rotatable bonds is 10. The third-order valence-corrected chi connectivity index (χ3v) is 7.61. The maximum Gasteiger partial charge on any atom is 0.412 e. The van der Waals surface area contributed by atoms with Gasteiger partial charge in [-0.2, -0.15) is 0 Å². The molecule has 0 unspecified atom stereocenters. The third-order valence-electron chi connectivity index (χ3n) is 6.56. The SMILES string of the molecule is COc1cnc2c(-c3nc4cc(F)c(O[C@H](C)[C@H](C)OC(=O)Nc5ccc(C(=O)NCCO)nc5)cc4s3)cc(C)cc2n1. The minimum absolute atomic E-state index is 0.00560. The summed E-state index contributed by atoms with van der Waals surface area (Å²) in [7, 11) is 1.53. The van der Waals surface area contributed by atoms with Crippen LogP contribution in [0, 0.1) is 12.7 Å². The van der Waals surface area contributed by atoms with Crippen LogP contribution in [-0.4, -0.2) is 69.5 Å². The topological polar surface area (TPSA) is 158 Å². The molecule has 5 aromatic rings. The number of benzene rings is 2. The summed E-state index contributed by atoms with van der Waals surface area (Å²) < 4.78 is 32.3. The minimum atomic E-state index is -0.777. The third kappa shape index (κ3) is 6.82. The first-order chi connectivity index (χ1) is 21.1. The van der Waals surface area contributed by atoms with Crippen molar-refractivity contribution >= 4 is 50.3 Å². The summed E-state index contributed by atoms with van der Waals surface area (Å²) >= 11 is 1.37. The van der Waals surface area contributed by atoms with Crippen LogP contribution in [0.5, 0.6) is 11.6 Å². The van der Waals surface area contributed by atoms with Crippen molar-refractivity contribution in [2.24, 2.45) is 0 Å². The van der Waals surface area contributed by atoms with Gasteiger partial charge in [0, 0.05) is 24.2 Å². The molecule has 0 saturated carbocycles. The number of carbonyl (C=O) groups is 2. The summed E-state index contributed by atoms with van der Waals surface area (Å²) in [6.07, 6.45) is 0.604. The second-order valence-corrected chi connectivity index (χ2v) is 10.9. The van der Waals surface area contributed by atoms with Gasteiger partial charge in [-0.05, 0) is 50.6 Å². The van der Waals surface area contributed by atoms with Crippen molar-refractivity contribution in [3.05, 3.63) is 65.9 Å². The molecule has 3 aromatic heterocycles. The van der Waals surface area contributed by atoms with E-state index in [0.29, 0.717) is 37.8 Å². The number of ether oxygens (including phenoxy) is 3. The van der Waals surface area contributed by atoms with Gasteiger partial charge >= 0.3 is 6.09 Å². The summed E-state index contributed by atoms with van der Waals surface area (Å²) in [6, 6.07) is 9.67. The molecule has 3 heterocycles. The second-order valence-electron chi connectivity index (χ2n) is 9.83. The lowest BCUT2D eigenvalue weighted by atomic mass is 10.1. The molecule has 0 spiro atoms. The number of aliphatic hydroxyl groups is 1. The molecule has 12 nitrogen and oxygen atoms in total. The van der Waals surface area contributed by atoms with E-state index in [0.717, 1.165) is 11.1 Å². The van der Waals surface area contributed by atoms with Gasteiger partial charge in [-0.3, -0.25) is 10.1 Å². The molecular weight excluding hydrogens is 591 g/mol. The van der Waals surface area contributed by atoms with E-state index in [9.17, 15) is 9.59 Å². The summed E-state index contributed by atoms with van der Waals surface area (Å²) in [5, 5.41) is 14.5. The van der Waals surface area contributed by atoms with E-state index < -0.39 is 30.0 Å². The number of aryl methyl sites for hydroxylation is 1. The maximum atomic E-state index is 15.1. The lowest BCUT2D eigenvalue weighted by Crippen LogP contribution is -2.32. The molecule has 0 bridgehead atoms. The first kappa shape index (κ1) is 30.5. The Labute approximate surface area is 255 Å². The Morgan fingerprint density at radius 2 is 1.86 bits per heavy atom. The monoisotopic (exact) mass is 620 g/mol. The molecule has 228 valence electrons. The number of nitrogens with one attached hydrogen (secondary N) is 2. The van der Waals surface area contributed by atoms with Gasteiger partial charge in [0.15, 0.2) is 11.6 Å². The summed E-state index contributed by atoms with van der Waals surface area (Å²) in [6.45, 7) is 5.14. The summed E-state index contributed by atoms with van der Waals surface area (Å²) in [5.74, 6) is -0.661. The number of aliphatic hydroxyl groups excluding tert-OH is 1. The average Bonchev–Trinajstić information content (AvgIpc) is 3.41. The quantitative estimate of drug-likeness (QED) is 0.196. The Morgan fingerprint density at radius 1 is 1.05 bits per heavy atom. The van der Waals surface area contributed by atoms with E-state index in [-0.39, 0.29) is 24.6 Å². The Hall–Kier alpha value is -4.95. The lowest BCUT2D eigenvalue weighted by molar-refractivity contribution is 0.0402. The summed E-state index contributed by atoms with van der Waals surface area (Å²) in [4.78, 5) is 42.0. The second kappa shape index (κ2) is 13.1. The van der Waals surface area contributed by atoms with Crippen molar-refractivity contribution in [2.45, 2.75) is 33.0 Å². The standard InChI is InChI=1S/C30H29FN6O6S/c1-15-9-19(27-23(10-15)36-26(41-4)14-34-27)29-37-22-11-20(31)24(12-25(22)44-29)42-16(2)17(3)43-30(40)35-18-5-6-21(33-13-18)28(39)32-7-8-38/h5-6,9-14,16-17,38H,7-8H2,1-4H3,(H,32,39)(H,35,40)/t16-,17+/m1/s1. The van der Waals surface area contributed by atoms with Crippen LogP contribution in [0.2, 0.25) is 0 Å². The Bertz CT molecular complexity index is 1830. The van der Waals surface area contributed by atoms with E-state index in [1.165, 1.54) is 42.8 Å². The van der Waals surface area contributed by atoms with Gasteiger partial charge in [0.2, 0.25) is 5.88 Å². The number of anilines is 1. The van der Waals surface area contributed by atoms with Crippen molar-refractivity contribution in [1.29, 1.82) is 0 Å². The smallest absolute Gasteiger partial charge is 0.412 e. The van der Waals surface area contributed by atoms with Crippen LogP contribution in [0.4, 0.5) is 14.9 Å². The van der Waals surface area contributed by atoms with Crippen LogP contribution in [0.3, 0.4) is 0 Å². The van der Waals surface area contributed by atoms with Gasteiger partial charge < -0.3 is 24.6 Å². The molecule has 5 rings (SSSR count). The van der Waals surface area contributed by atoms with E-state index >= 15 is 4.39 Å². The summed E-state index contributed by atoms with van der Waals surface area (Å²) in [5.41, 5.74) is 3.95. The lowest BCUT2D eigenvalue weighted by Gasteiger charge is -2.22. The van der Waals surface area contributed by atoms with Crippen molar-refractivity contribution in [1.82, 2.24) is 25.3 Å². The van der Waals surface area contributed by atoms with Gasteiger partial charge in [0.05, 0.1) is 53.0 Å². The van der Waals surface area contributed by atoms with Crippen molar-refractivity contribution in [3.63, 3.8) is 0 Å². The molecule has 0 aliphatic carbocycles. The number of fused-ring (bicyclic) bond motifs is 2. The largest absolute Gasteiger partial charge is 0.484 e. The number of thiazole rings is 1. The number of hydrogen-bond donors (Lipinski definition) is 3. The highest BCUT2D eigenvalue weighted by molar-refractivity contribution is 7.21. The van der Waals surface area contributed by atoms with Crippen molar-refractivity contribution in [2.75, 3.05) is 25.6 Å². The fourth-order valence-corrected chi connectivity index (χ4v) is 5.21. The molecule has 0 radical (unpaired) electrons. The van der Waals surface area contributed by atoms with Crippen LogP contribution in [0.15, 0.2) is 48.8 Å². The highest BCUT2D eigenvalue weighted by Gasteiger charge is 2.22. The number of pyridine rings is 1. The Balaban J connectivity index is 1.26. The molecule has 2 aromatic carbocycles. The number of methoxy groups -OCH3 is 1. The predicted octanol–water partition coefficient (Wildman–Crippen LogP) is 4.88. The van der Waals surface area contributed by atoms with Crippen LogP contribution in [-0.2, 0) is 4.74 Å². The zero-order valence-corrected chi connectivity index (χ0v) is 25.1. The molecule has 0 fully saturated rings. The van der Waals surface area contributed by atoms with E-state index in [1.54, 1.807) is 26.1 Å². The molecule has 2 amide bonds. The van der Waals surface area contributed by atoms with Gasteiger partial charge in [0.25, 0.3) is 5.91 Å². The predicted molar refractivity (Wildman–Crippen MR) is 163 cm³/mol. The average molecular weight is 621 g/mol. The maximum absolute atomic E-state index is 15.1. The molecular formula is C30H29FN6O6S. The van der Waals surface area contributed by atoms with Gasteiger partial charge in [0.1, 0.15) is 22.9 Å². The van der Waals surface area contributed by atoms with Crippen molar-refractivity contribution in [3.8, 4) is 22.2 Å². The molecule has 0 aliphatic heterocycles. The molecule has 2 atom stereocenters. The van der Waals surface area contributed by atoms with E-state index in [1.807, 2.05) is 19.1 Å². The minimum Gasteiger partial charge on any atom is -0.484 e. The molecule has 0 aliphatic rings. The van der Waals surface area contributed by atoms with Gasteiger partial charge in [-0.15, -0.1) is 11.3 Å². The van der Waals surface area contributed by atoms with Crippen molar-refractivity contribution < 1.29 is 33.3 Å². The number of nitrogens with zero attached hydrogens (tertiary/aromatic N) is 4. The first-order valence-electron chi connectivity index (χ1n) is 13.6. The number of hydrogen-bond acceptors (Lipinski definition) is 11. The van der Waals surface area contributed by atoms with E-state index in [2.05, 4.69) is 30.6 Å². The zero-order valence-electron chi connectivity index (χ0n) is 24.3. The molecule has 3 N–H and O–H groups in total. The van der Waals surface area contributed by atoms with Crippen LogP contribution >= 0.6 is 11.3 Å². The Morgan fingerprint density at radius 3 is 2.59 bits per heavy atom. The fourth-order valence-electron chi connectivity index (χ4n) is 4.21.